The number of fused-ring (bicyclic) bond motifs is 1. The number of hydrogen-bond acceptors (Lipinski definition) is 4. The van der Waals surface area contributed by atoms with Crippen LogP contribution >= 0.6 is 0 Å². The number of benzene rings is 2. The molecule has 1 N–H and O–H groups in total. The molecular formula is C18H21NO4. The summed E-state index contributed by atoms with van der Waals surface area (Å²) in [6.07, 6.45) is 0.818. The quantitative estimate of drug-likeness (QED) is 0.833. The first kappa shape index (κ1) is 16.8. The van der Waals surface area contributed by atoms with Crippen LogP contribution in [-0.2, 0) is 9.53 Å². The summed E-state index contributed by atoms with van der Waals surface area (Å²) in [5.41, 5.74) is 0.308. The van der Waals surface area contributed by atoms with E-state index in [9.17, 15) is 9.59 Å². The maximum absolute atomic E-state index is 12.2. The molecule has 0 saturated heterocycles. The molecule has 0 spiro atoms. The predicted octanol–water partition coefficient (Wildman–Crippen LogP) is 2.92. The molecule has 5 heteroatoms. The highest BCUT2D eigenvalue weighted by Crippen LogP contribution is 2.26. The highest BCUT2D eigenvalue weighted by molar-refractivity contribution is 5.99. The zero-order chi connectivity index (χ0) is 16.8. The molecule has 0 bridgehead atoms. The Kier molecular flexibility index (Phi) is 5.57. The molecule has 23 heavy (non-hydrogen) atoms. The summed E-state index contributed by atoms with van der Waals surface area (Å²) in [5, 5.41) is 4.62. The van der Waals surface area contributed by atoms with E-state index in [-0.39, 0.29) is 18.6 Å². The highest BCUT2D eigenvalue weighted by atomic mass is 16.5. The average Bonchev–Trinajstić information content (AvgIpc) is 2.58. The number of carbonyl (C=O) groups excluding carboxylic acids is 2. The summed E-state index contributed by atoms with van der Waals surface area (Å²) in [5.74, 6) is -0.463. The minimum atomic E-state index is -0.577. The van der Waals surface area contributed by atoms with E-state index in [0.29, 0.717) is 11.3 Å². The number of amides is 1. The predicted molar refractivity (Wildman–Crippen MR) is 88.7 cm³/mol. The summed E-state index contributed by atoms with van der Waals surface area (Å²) < 4.78 is 10.4. The lowest BCUT2D eigenvalue weighted by atomic mass is 10.1. The van der Waals surface area contributed by atoms with Crippen LogP contribution in [0.3, 0.4) is 0 Å². The van der Waals surface area contributed by atoms with Crippen molar-refractivity contribution in [3.63, 3.8) is 0 Å². The molecule has 1 amide bonds. The van der Waals surface area contributed by atoms with Crippen molar-refractivity contribution in [2.75, 3.05) is 13.7 Å². The van der Waals surface area contributed by atoms with Gasteiger partial charge in [0.25, 0.3) is 5.91 Å². The average molecular weight is 315 g/mol. The van der Waals surface area contributed by atoms with Crippen LogP contribution in [0.1, 0.15) is 30.6 Å². The van der Waals surface area contributed by atoms with Crippen LogP contribution in [0, 0.1) is 0 Å². The van der Waals surface area contributed by atoms with Gasteiger partial charge >= 0.3 is 5.97 Å². The lowest BCUT2D eigenvalue weighted by Gasteiger charge is -2.13. The number of hydrogen-bond donors (Lipinski definition) is 1. The number of carbonyl (C=O) groups is 2. The van der Waals surface area contributed by atoms with Gasteiger partial charge in [0.15, 0.2) is 6.61 Å². The summed E-state index contributed by atoms with van der Waals surface area (Å²) >= 11 is 0. The minimum absolute atomic E-state index is 0.0522. The first-order chi connectivity index (χ1) is 11.0. The van der Waals surface area contributed by atoms with Crippen molar-refractivity contribution in [3.05, 3.63) is 42.0 Å². The van der Waals surface area contributed by atoms with E-state index in [2.05, 4.69) is 5.32 Å². The third kappa shape index (κ3) is 4.22. The van der Waals surface area contributed by atoms with Crippen molar-refractivity contribution in [2.45, 2.75) is 26.3 Å². The molecule has 0 heterocycles. The minimum Gasteiger partial charge on any atom is -0.496 e. The fourth-order valence-corrected chi connectivity index (χ4v) is 2.18. The molecule has 0 unspecified atom stereocenters. The van der Waals surface area contributed by atoms with Gasteiger partial charge in [-0.1, -0.05) is 31.2 Å². The van der Waals surface area contributed by atoms with Gasteiger partial charge in [0.1, 0.15) is 11.3 Å². The van der Waals surface area contributed by atoms with Gasteiger partial charge in [-0.25, -0.2) is 4.79 Å². The molecule has 1 atom stereocenters. The smallest absolute Gasteiger partial charge is 0.342 e. The molecule has 0 aromatic heterocycles. The molecule has 0 aliphatic carbocycles. The summed E-state index contributed by atoms with van der Waals surface area (Å²) in [4.78, 5) is 23.9. The van der Waals surface area contributed by atoms with Crippen LogP contribution in [0.25, 0.3) is 10.8 Å². The maximum atomic E-state index is 12.2. The molecule has 0 aliphatic rings. The number of nitrogens with one attached hydrogen (secondary N) is 1. The van der Waals surface area contributed by atoms with Gasteiger partial charge in [-0.15, -0.1) is 0 Å². The normalized spacial score (nSPS) is 11.8. The van der Waals surface area contributed by atoms with Gasteiger partial charge in [-0.3, -0.25) is 4.79 Å². The molecule has 0 saturated carbocycles. The molecule has 0 radical (unpaired) electrons. The number of ether oxygens (including phenoxy) is 2. The van der Waals surface area contributed by atoms with E-state index in [4.69, 9.17) is 9.47 Å². The van der Waals surface area contributed by atoms with Crippen molar-refractivity contribution in [3.8, 4) is 5.75 Å². The lowest BCUT2D eigenvalue weighted by molar-refractivity contribution is -0.124. The Morgan fingerprint density at radius 1 is 1.17 bits per heavy atom. The Bertz CT molecular complexity index is 711. The standard InChI is InChI=1S/C18H21NO4/c1-4-12(2)19-17(20)11-23-18(21)15-9-13-7-5-6-8-14(13)10-16(15)22-3/h5-10,12H,4,11H2,1-3H3,(H,19,20)/t12-/m0/s1. The van der Waals surface area contributed by atoms with Crippen LogP contribution in [0.2, 0.25) is 0 Å². The van der Waals surface area contributed by atoms with E-state index in [1.165, 1.54) is 7.11 Å². The fourth-order valence-electron chi connectivity index (χ4n) is 2.18. The van der Waals surface area contributed by atoms with Gasteiger partial charge in [0.2, 0.25) is 0 Å². The first-order valence-electron chi connectivity index (χ1n) is 7.58. The van der Waals surface area contributed by atoms with E-state index in [1.807, 2.05) is 38.1 Å². The van der Waals surface area contributed by atoms with E-state index < -0.39 is 5.97 Å². The van der Waals surface area contributed by atoms with Crippen LogP contribution in [0.5, 0.6) is 5.75 Å². The Morgan fingerprint density at radius 3 is 2.43 bits per heavy atom. The second kappa shape index (κ2) is 7.63. The van der Waals surface area contributed by atoms with Gasteiger partial charge in [-0.05, 0) is 36.2 Å². The SMILES string of the molecule is CC[C@H](C)NC(=O)COC(=O)c1cc2ccccc2cc1OC. The summed E-state index contributed by atoms with van der Waals surface area (Å²) in [6, 6.07) is 11.2. The van der Waals surface area contributed by atoms with Crippen LogP contribution in [-0.4, -0.2) is 31.6 Å². The Hall–Kier alpha value is -2.56. The van der Waals surface area contributed by atoms with E-state index >= 15 is 0 Å². The monoisotopic (exact) mass is 315 g/mol. The summed E-state index contributed by atoms with van der Waals surface area (Å²) in [6.45, 7) is 3.56. The van der Waals surface area contributed by atoms with E-state index in [0.717, 1.165) is 17.2 Å². The Balaban J connectivity index is 2.12. The number of rotatable bonds is 6. The van der Waals surface area contributed by atoms with Crippen molar-refractivity contribution in [1.82, 2.24) is 5.32 Å². The Morgan fingerprint density at radius 2 is 1.83 bits per heavy atom. The molecule has 2 aromatic carbocycles. The van der Waals surface area contributed by atoms with Crippen molar-refractivity contribution < 1.29 is 19.1 Å². The van der Waals surface area contributed by atoms with Gasteiger partial charge in [0, 0.05) is 6.04 Å². The van der Waals surface area contributed by atoms with Gasteiger partial charge < -0.3 is 14.8 Å². The molecule has 0 fully saturated rings. The van der Waals surface area contributed by atoms with Crippen molar-refractivity contribution in [2.24, 2.45) is 0 Å². The van der Waals surface area contributed by atoms with Crippen LogP contribution in [0.4, 0.5) is 0 Å². The van der Waals surface area contributed by atoms with Crippen LogP contribution in [0.15, 0.2) is 36.4 Å². The largest absolute Gasteiger partial charge is 0.496 e. The third-order valence-corrected chi connectivity index (χ3v) is 3.64. The lowest BCUT2D eigenvalue weighted by Crippen LogP contribution is -2.35. The van der Waals surface area contributed by atoms with Gasteiger partial charge in [0.05, 0.1) is 7.11 Å². The third-order valence-electron chi connectivity index (χ3n) is 3.64. The number of methoxy groups -OCH3 is 1. The molecule has 2 aromatic rings. The molecular weight excluding hydrogens is 294 g/mol. The van der Waals surface area contributed by atoms with Crippen LogP contribution < -0.4 is 10.1 Å². The highest BCUT2D eigenvalue weighted by Gasteiger charge is 2.17. The summed E-state index contributed by atoms with van der Waals surface area (Å²) in [7, 11) is 1.50. The topological polar surface area (TPSA) is 64.6 Å². The Labute approximate surface area is 135 Å². The second-order valence-corrected chi connectivity index (χ2v) is 5.35. The maximum Gasteiger partial charge on any atom is 0.342 e. The zero-order valence-corrected chi connectivity index (χ0v) is 13.6. The van der Waals surface area contributed by atoms with Crippen molar-refractivity contribution >= 4 is 22.6 Å². The van der Waals surface area contributed by atoms with E-state index in [1.54, 1.807) is 12.1 Å². The molecule has 5 nitrogen and oxygen atoms in total. The van der Waals surface area contributed by atoms with Crippen molar-refractivity contribution in [1.29, 1.82) is 0 Å². The molecule has 122 valence electrons. The fraction of sp³-hybridized carbons (Fsp3) is 0.333. The molecule has 0 aliphatic heterocycles. The van der Waals surface area contributed by atoms with Gasteiger partial charge in [-0.2, -0.15) is 0 Å². The second-order valence-electron chi connectivity index (χ2n) is 5.35. The zero-order valence-electron chi connectivity index (χ0n) is 13.6. The number of esters is 1. The first-order valence-corrected chi connectivity index (χ1v) is 7.58. The molecule has 2 rings (SSSR count).